The molecule has 0 bridgehead atoms. The van der Waals surface area contributed by atoms with Crippen molar-refractivity contribution in [1.29, 1.82) is 0 Å². The van der Waals surface area contributed by atoms with Crippen molar-refractivity contribution in [2.24, 2.45) is 17.2 Å². The molecule has 1 aromatic rings. The summed E-state index contributed by atoms with van der Waals surface area (Å²) in [4.78, 5) is 60.4. The van der Waals surface area contributed by atoms with Gasteiger partial charge in [-0.05, 0) is 31.4 Å². The number of rotatable bonds is 16. The Hall–Kier alpha value is -3.55. The molecule has 0 aliphatic heterocycles. The summed E-state index contributed by atoms with van der Waals surface area (Å²) in [7, 11) is 0. The standard InChI is InChI=1S/C22H34N6O7/c23-9-5-4-8-15(22(34)35)26-21(33)17(12-29)28-20(32)16(10-13-6-2-1-3-7-13)27-19(31)14(24)11-18(25)30/h1-3,6-7,14-17,29H,4-5,8-12,23-24H2,(H2,25,30)(H,26,33)(H,27,31)(H,28,32)(H,34,35). The summed E-state index contributed by atoms with van der Waals surface area (Å²) in [6.07, 6.45) is 0.722. The normalized spacial score (nSPS) is 14.1. The molecule has 1 aromatic carbocycles. The third-order valence-electron chi connectivity index (χ3n) is 5.05. The number of hydrogen-bond acceptors (Lipinski definition) is 8. The second-order valence-corrected chi connectivity index (χ2v) is 7.96. The van der Waals surface area contributed by atoms with E-state index in [4.69, 9.17) is 17.2 Å². The van der Waals surface area contributed by atoms with E-state index in [1.54, 1.807) is 30.3 Å². The first kappa shape index (κ1) is 29.5. The number of benzene rings is 1. The number of hydrogen-bond donors (Lipinski definition) is 8. The lowest BCUT2D eigenvalue weighted by Crippen LogP contribution is -2.58. The van der Waals surface area contributed by atoms with E-state index >= 15 is 0 Å². The van der Waals surface area contributed by atoms with E-state index in [1.807, 2.05) is 0 Å². The van der Waals surface area contributed by atoms with Crippen LogP contribution < -0.4 is 33.2 Å². The molecule has 4 unspecified atom stereocenters. The predicted octanol–water partition coefficient (Wildman–Crippen LogP) is -2.91. The Morgan fingerprint density at radius 3 is 1.97 bits per heavy atom. The number of aliphatic hydroxyl groups is 1. The summed E-state index contributed by atoms with van der Waals surface area (Å²) in [5.74, 6) is -4.60. The maximum Gasteiger partial charge on any atom is 0.326 e. The van der Waals surface area contributed by atoms with Crippen molar-refractivity contribution in [3.8, 4) is 0 Å². The van der Waals surface area contributed by atoms with Gasteiger partial charge in [-0.1, -0.05) is 30.3 Å². The number of carboxylic acid groups (broad SMARTS) is 1. The third kappa shape index (κ3) is 10.9. The van der Waals surface area contributed by atoms with Gasteiger partial charge in [0.15, 0.2) is 0 Å². The fourth-order valence-corrected chi connectivity index (χ4v) is 3.14. The molecule has 0 aliphatic rings. The molecule has 4 atom stereocenters. The predicted molar refractivity (Wildman–Crippen MR) is 125 cm³/mol. The minimum absolute atomic E-state index is 0.0122. The van der Waals surface area contributed by atoms with Crippen LogP contribution in [0.15, 0.2) is 30.3 Å². The highest BCUT2D eigenvalue weighted by molar-refractivity contribution is 5.95. The SMILES string of the molecule is NCCCCC(NC(=O)C(CO)NC(=O)C(Cc1ccccc1)NC(=O)C(N)CC(N)=O)C(=O)O. The molecular formula is C22H34N6O7. The molecule has 0 saturated heterocycles. The van der Waals surface area contributed by atoms with Crippen molar-refractivity contribution in [3.05, 3.63) is 35.9 Å². The average Bonchev–Trinajstić information content (AvgIpc) is 2.81. The fraction of sp³-hybridized carbons (Fsp3) is 0.500. The van der Waals surface area contributed by atoms with Crippen LogP contribution in [0.3, 0.4) is 0 Å². The molecule has 0 aliphatic carbocycles. The Morgan fingerprint density at radius 2 is 1.43 bits per heavy atom. The molecule has 0 saturated carbocycles. The van der Waals surface area contributed by atoms with E-state index in [0.29, 0.717) is 24.9 Å². The Bertz CT molecular complexity index is 867. The van der Waals surface area contributed by atoms with Crippen molar-refractivity contribution in [2.45, 2.75) is 56.3 Å². The van der Waals surface area contributed by atoms with Crippen molar-refractivity contribution < 1.29 is 34.2 Å². The first-order valence-corrected chi connectivity index (χ1v) is 11.1. The molecule has 0 heterocycles. The molecule has 11 N–H and O–H groups in total. The maximum atomic E-state index is 13.0. The minimum atomic E-state index is -1.48. The Balaban J connectivity index is 2.94. The van der Waals surface area contributed by atoms with Crippen molar-refractivity contribution >= 4 is 29.6 Å². The van der Waals surface area contributed by atoms with E-state index in [9.17, 15) is 34.2 Å². The number of aliphatic carboxylic acids is 1. The van der Waals surface area contributed by atoms with Gasteiger partial charge in [-0.3, -0.25) is 19.2 Å². The molecule has 194 valence electrons. The number of nitrogens with two attached hydrogens (primary N) is 3. The number of carbonyl (C=O) groups excluding carboxylic acids is 4. The number of aliphatic hydroxyl groups excluding tert-OH is 1. The molecule has 13 heteroatoms. The molecule has 0 fully saturated rings. The third-order valence-corrected chi connectivity index (χ3v) is 5.05. The van der Waals surface area contributed by atoms with E-state index in [0.717, 1.165) is 0 Å². The Kier molecular flexibility index (Phi) is 12.9. The quantitative estimate of drug-likeness (QED) is 0.110. The highest BCUT2D eigenvalue weighted by Gasteiger charge is 2.30. The summed E-state index contributed by atoms with van der Waals surface area (Å²) in [5.41, 5.74) is 16.8. The summed E-state index contributed by atoms with van der Waals surface area (Å²) < 4.78 is 0. The minimum Gasteiger partial charge on any atom is -0.480 e. The molecule has 1 rings (SSSR count). The highest BCUT2D eigenvalue weighted by atomic mass is 16.4. The van der Waals surface area contributed by atoms with Gasteiger partial charge >= 0.3 is 5.97 Å². The zero-order valence-electron chi connectivity index (χ0n) is 19.3. The maximum absolute atomic E-state index is 13.0. The smallest absolute Gasteiger partial charge is 0.326 e. The second kappa shape index (κ2) is 15.4. The van der Waals surface area contributed by atoms with Crippen LogP contribution in [-0.4, -0.2) is 77.1 Å². The monoisotopic (exact) mass is 494 g/mol. The first-order valence-electron chi connectivity index (χ1n) is 11.1. The summed E-state index contributed by atoms with van der Waals surface area (Å²) >= 11 is 0. The van der Waals surface area contributed by atoms with Crippen LogP contribution in [0.1, 0.15) is 31.2 Å². The highest BCUT2D eigenvalue weighted by Crippen LogP contribution is 2.06. The molecule has 0 spiro atoms. The van der Waals surface area contributed by atoms with Gasteiger partial charge in [-0.15, -0.1) is 0 Å². The number of carboxylic acids is 1. The van der Waals surface area contributed by atoms with Gasteiger partial charge in [0.2, 0.25) is 23.6 Å². The molecule has 0 aromatic heterocycles. The number of amides is 4. The van der Waals surface area contributed by atoms with Gasteiger partial charge < -0.3 is 43.4 Å². The van der Waals surface area contributed by atoms with Crippen LogP contribution in [0.4, 0.5) is 0 Å². The van der Waals surface area contributed by atoms with Crippen molar-refractivity contribution in [2.75, 3.05) is 13.2 Å². The van der Waals surface area contributed by atoms with Gasteiger partial charge in [0, 0.05) is 6.42 Å². The summed E-state index contributed by atoms with van der Waals surface area (Å²) in [6, 6.07) is 3.43. The topological polar surface area (TPSA) is 240 Å². The van der Waals surface area contributed by atoms with Crippen LogP contribution in [0.2, 0.25) is 0 Å². The van der Waals surface area contributed by atoms with Crippen LogP contribution >= 0.6 is 0 Å². The fourth-order valence-electron chi connectivity index (χ4n) is 3.14. The molecule has 13 nitrogen and oxygen atoms in total. The lowest BCUT2D eigenvalue weighted by molar-refractivity contribution is -0.142. The number of primary amides is 1. The van der Waals surface area contributed by atoms with Gasteiger partial charge in [0.05, 0.1) is 19.1 Å². The summed E-state index contributed by atoms with van der Waals surface area (Å²) in [6.45, 7) is -0.451. The van der Waals surface area contributed by atoms with Crippen molar-refractivity contribution in [1.82, 2.24) is 16.0 Å². The molecule has 35 heavy (non-hydrogen) atoms. The number of carbonyl (C=O) groups is 5. The van der Waals surface area contributed by atoms with Crippen LogP contribution in [0.5, 0.6) is 0 Å². The van der Waals surface area contributed by atoms with Crippen LogP contribution in [-0.2, 0) is 30.4 Å². The van der Waals surface area contributed by atoms with E-state index < -0.39 is 66.8 Å². The lowest BCUT2D eigenvalue weighted by atomic mass is 10.0. The number of unbranched alkanes of at least 4 members (excludes halogenated alkanes) is 1. The van der Waals surface area contributed by atoms with Gasteiger partial charge in [-0.25, -0.2) is 4.79 Å². The molecule has 0 radical (unpaired) electrons. The average molecular weight is 495 g/mol. The van der Waals surface area contributed by atoms with E-state index in [1.165, 1.54) is 0 Å². The van der Waals surface area contributed by atoms with E-state index in [2.05, 4.69) is 16.0 Å². The Morgan fingerprint density at radius 1 is 0.857 bits per heavy atom. The first-order chi connectivity index (χ1) is 16.6. The Labute approximate surface area is 202 Å². The van der Waals surface area contributed by atoms with Gasteiger partial charge in [0.1, 0.15) is 18.1 Å². The van der Waals surface area contributed by atoms with Crippen LogP contribution in [0, 0.1) is 0 Å². The zero-order chi connectivity index (χ0) is 26.4. The largest absolute Gasteiger partial charge is 0.480 e. The summed E-state index contributed by atoms with van der Waals surface area (Å²) in [5, 5.41) is 26.0. The molecule has 4 amide bonds. The zero-order valence-corrected chi connectivity index (χ0v) is 19.3. The van der Waals surface area contributed by atoms with Crippen LogP contribution in [0.25, 0.3) is 0 Å². The van der Waals surface area contributed by atoms with Crippen molar-refractivity contribution in [3.63, 3.8) is 0 Å². The lowest BCUT2D eigenvalue weighted by Gasteiger charge is -2.24. The van der Waals surface area contributed by atoms with Gasteiger partial charge in [-0.2, -0.15) is 0 Å². The second-order valence-electron chi connectivity index (χ2n) is 7.96. The van der Waals surface area contributed by atoms with E-state index in [-0.39, 0.29) is 12.8 Å². The van der Waals surface area contributed by atoms with Gasteiger partial charge in [0.25, 0.3) is 0 Å². The molecular weight excluding hydrogens is 460 g/mol. The number of nitrogens with one attached hydrogen (secondary N) is 3.